The molecule has 0 aromatic carbocycles. The quantitative estimate of drug-likeness (QED) is 0.0437. The first-order valence-corrected chi connectivity index (χ1v) is 19.1. The Morgan fingerprint density at radius 2 is 1.09 bits per heavy atom. The molecular formula is C36H65N5O14. The molecule has 0 radical (unpaired) electrons. The van der Waals surface area contributed by atoms with Crippen molar-refractivity contribution in [3.8, 4) is 0 Å². The molecule has 1 heterocycles. The third-order valence-electron chi connectivity index (χ3n) is 8.09. The van der Waals surface area contributed by atoms with Gasteiger partial charge in [-0.2, -0.15) is 0 Å². The predicted octanol–water partition coefficient (Wildman–Crippen LogP) is -1.07. The number of carbonyl (C=O) groups is 6. The van der Waals surface area contributed by atoms with Crippen LogP contribution in [0.4, 0.5) is 0 Å². The lowest BCUT2D eigenvalue weighted by Crippen LogP contribution is -2.54. The molecule has 0 saturated carbocycles. The normalized spacial score (nSPS) is 15.4. The van der Waals surface area contributed by atoms with E-state index in [0.717, 1.165) is 0 Å². The first-order chi connectivity index (χ1) is 26.5. The van der Waals surface area contributed by atoms with E-state index in [4.69, 9.17) is 43.6 Å². The van der Waals surface area contributed by atoms with Crippen LogP contribution in [0, 0.1) is 11.8 Å². The van der Waals surface area contributed by atoms with Gasteiger partial charge in [0.15, 0.2) is 0 Å². The lowest BCUT2D eigenvalue weighted by molar-refractivity contribution is -0.139. The molecule has 5 N–H and O–H groups in total. The number of likely N-dealkylation sites (tertiary alicyclic amines) is 1. The molecule has 0 spiro atoms. The summed E-state index contributed by atoms with van der Waals surface area (Å²) in [6, 6.07) is -1.63. The van der Waals surface area contributed by atoms with Gasteiger partial charge in [-0.15, -0.1) is 0 Å². The number of nitrogens with two attached hydrogens (primary N) is 1. The van der Waals surface area contributed by atoms with Crippen molar-refractivity contribution in [2.24, 2.45) is 17.6 Å². The van der Waals surface area contributed by atoms with E-state index in [1.165, 1.54) is 11.8 Å². The number of imide groups is 1. The van der Waals surface area contributed by atoms with Gasteiger partial charge in [-0.25, -0.2) is 0 Å². The zero-order chi connectivity index (χ0) is 40.7. The molecule has 3 unspecified atom stereocenters. The number of ether oxygens (including phenoxy) is 8. The van der Waals surface area contributed by atoms with Crippen molar-refractivity contribution in [3.63, 3.8) is 0 Å². The Morgan fingerprint density at radius 3 is 1.49 bits per heavy atom. The molecule has 1 aliphatic heterocycles. The molecule has 19 heteroatoms. The van der Waals surface area contributed by atoms with Crippen molar-refractivity contribution in [1.82, 2.24) is 20.9 Å². The van der Waals surface area contributed by atoms with Crippen LogP contribution < -0.4 is 21.7 Å². The number of rotatable bonds is 36. The molecule has 6 amide bonds. The number of nitrogens with one attached hydrogen (secondary N) is 3. The average molecular weight is 792 g/mol. The van der Waals surface area contributed by atoms with Gasteiger partial charge in [-0.05, 0) is 19.3 Å². The smallest absolute Gasteiger partial charge is 0.243 e. The number of hydrogen-bond acceptors (Lipinski definition) is 14. The zero-order valence-corrected chi connectivity index (χ0v) is 33.1. The highest BCUT2D eigenvalue weighted by Gasteiger charge is 2.37. The molecule has 1 saturated heterocycles. The Morgan fingerprint density at radius 1 is 0.655 bits per heavy atom. The molecule has 318 valence electrons. The van der Waals surface area contributed by atoms with Gasteiger partial charge in [-0.3, -0.25) is 33.7 Å². The monoisotopic (exact) mass is 791 g/mol. The van der Waals surface area contributed by atoms with Crippen LogP contribution in [-0.4, -0.2) is 171 Å². The van der Waals surface area contributed by atoms with E-state index in [2.05, 4.69) is 16.0 Å². The van der Waals surface area contributed by atoms with Gasteiger partial charge in [-0.1, -0.05) is 20.8 Å². The maximum absolute atomic E-state index is 12.4. The lowest BCUT2D eigenvalue weighted by Gasteiger charge is -2.23. The highest BCUT2D eigenvalue weighted by molar-refractivity contribution is 6.03. The standard InChI is InChI=1S/C36H65N5O14/c1-5-29-26-32(44)41(36(29)47)9-6-30(42)38-8-11-49-13-15-51-17-19-53-21-23-55-25-24-54-22-20-52-18-16-50-14-12-48-10-7-31(43)40-33(27(2)3)35(46)39-28(4)34(37)45/h27-29,33H,5-26H2,1-4H3,(H2,37,45)(H,38,42)(H,39,46)(H,40,43). The molecule has 0 aromatic rings. The molecule has 0 aromatic heterocycles. The van der Waals surface area contributed by atoms with Crippen LogP contribution in [0.25, 0.3) is 0 Å². The maximum atomic E-state index is 12.4. The second kappa shape index (κ2) is 31.9. The van der Waals surface area contributed by atoms with E-state index in [1.807, 2.05) is 6.92 Å². The van der Waals surface area contributed by atoms with Crippen molar-refractivity contribution < 1.29 is 66.7 Å². The highest BCUT2D eigenvalue weighted by atomic mass is 16.6. The Kier molecular flexibility index (Phi) is 28.8. The molecular weight excluding hydrogens is 726 g/mol. The van der Waals surface area contributed by atoms with Crippen LogP contribution in [0.2, 0.25) is 0 Å². The van der Waals surface area contributed by atoms with Crippen LogP contribution in [0.15, 0.2) is 0 Å². The van der Waals surface area contributed by atoms with Crippen molar-refractivity contribution >= 4 is 35.4 Å². The number of amides is 6. The number of nitrogens with zero attached hydrogens (tertiary/aromatic N) is 1. The van der Waals surface area contributed by atoms with Crippen molar-refractivity contribution in [3.05, 3.63) is 0 Å². The van der Waals surface area contributed by atoms with Gasteiger partial charge in [0, 0.05) is 38.3 Å². The van der Waals surface area contributed by atoms with Crippen LogP contribution in [0.3, 0.4) is 0 Å². The second-order valence-corrected chi connectivity index (χ2v) is 12.9. The minimum Gasteiger partial charge on any atom is -0.379 e. The molecule has 3 atom stereocenters. The largest absolute Gasteiger partial charge is 0.379 e. The summed E-state index contributed by atoms with van der Waals surface area (Å²) in [7, 11) is 0. The van der Waals surface area contributed by atoms with Gasteiger partial charge < -0.3 is 59.6 Å². The number of primary amides is 1. The third-order valence-corrected chi connectivity index (χ3v) is 8.09. The maximum Gasteiger partial charge on any atom is 0.243 e. The Labute approximate surface area is 324 Å². The minimum absolute atomic E-state index is 0.0737. The molecule has 1 fully saturated rings. The van der Waals surface area contributed by atoms with Gasteiger partial charge in [0.05, 0.1) is 106 Å². The summed E-state index contributed by atoms with van der Waals surface area (Å²) >= 11 is 0. The Bertz CT molecular complexity index is 1110. The molecule has 0 aliphatic carbocycles. The average Bonchev–Trinajstić information content (AvgIpc) is 3.43. The van der Waals surface area contributed by atoms with Crippen LogP contribution in [0.5, 0.6) is 0 Å². The summed E-state index contributed by atoms with van der Waals surface area (Å²) in [5.74, 6) is -2.55. The second-order valence-electron chi connectivity index (χ2n) is 12.9. The summed E-state index contributed by atoms with van der Waals surface area (Å²) in [4.78, 5) is 72.9. The van der Waals surface area contributed by atoms with E-state index < -0.39 is 23.9 Å². The summed E-state index contributed by atoms with van der Waals surface area (Å²) in [6.45, 7) is 13.5. The van der Waals surface area contributed by atoms with E-state index in [9.17, 15) is 28.8 Å². The van der Waals surface area contributed by atoms with E-state index in [-0.39, 0.29) is 67.9 Å². The van der Waals surface area contributed by atoms with Gasteiger partial charge in [0.1, 0.15) is 12.1 Å². The van der Waals surface area contributed by atoms with Crippen molar-refractivity contribution in [1.29, 1.82) is 0 Å². The first kappa shape index (κ1) is 49.7. The Balaban J connectivity index is 1.79. The Hall–Kier alpha value is -3.30. The van der Waals surface area contributed by atoms with E-state index >= 15 is 0 Å². The van der Waals surface area contributed by atoms with Gasteiger partial charge >= 0.3 is 0 Å². The lowest BCUT2D eigenvalue weighted by atomic mass is 10.0. The predicted molar refractivity (Wildman–Crippen MR) is 197 cm³/mol. The fourth-order valence-electron chi connectivity index (χ4n) is 4.83. The molecule has 55 heavy (non-hydrogen) atoms. The fraction of sp³-hybridized carbons (Fsp3) is 0.833. The van der Waals surface area contributed by atoms with E-state index in [1.54, 1.807) is 13.8 Å². The highest BCUT2D eigenvalue weighted by Crippen LogP contribution is 2.22. The van der Waals surface area contributed by atoms with Crippen molar-refractivity contribution in [2.45, 2.75) is 65.5 Å². The minimum atomic E-state index is -0.836. The molecule has 19 nitrogen and oxygen atoms in total. The summed E-state index contributed by atoms with van der Waals surface area (Å²) in [5, 5.41) is 7.87. The van der Waals surface area contributed by atoms with Crippen LogP contribution in [-0.2, 0) is 66.7 Å². The van der Waals surface area contributed by atoms with Crippen molar-refractivity contribution in [2.75, 3.05) is 119 Å². The van der Waals surface area contributed by atoms with Crippen LogP contribution in [0.1, 0.15) is 53.4 Å². The van der Waals surface area contributed by atoms with Gasteiger partial charge in [0.25, 0.3) is 0 Å². The molecule has 1 rings (SSSR count). The zero-order valence-electron chi connectivity index (χ0n) is 33.1. The first-order valence-electron chi connectivity index (χ1n) is 19.1. The summed E-state index contributed by atoms with van der Waals surface area (Å²) in [6.07, 6.45) is 1.00. The summed E-state index contributed by atoms with van der Waals surface area (Å²) < 4.78 is 43.6. The number of hydrogen-bond donors (Lipinski definition) is 4. The SMILES string of the molecule is CCC1CC(=O)N(CCC(=O)NCCOCCOCCOCCOCCOCCOCCOCCOCCC(=O)NC(C(=O)NC(C)C(N)=O)C(C)C)C1=O. The fourth-order valence-corrected chi connectivity index (χ4v) is 4.83. The number of carbonyl (C=O) groups excluding carboxylic acids is 6. The van der Waals surface area contributed by atoms with E-state index in [0.29, 0.717) is 112 Å². The summed E-state index contributed by atoms with van der Waals surface area (Å²) in [5.41, 5.74) is 5.18. The molecule has 1 aliphatic rings. The third kappa shape index (κ3) is 24.8. The van der Waals surface area contributed by atoms with Crippen LogP contribution >= 0.6 is 0 Å². The topological polar surface area (TPSA) is 242 Å². The molecule has 0 bridgehead atoms. The van der Waals surface area contributed by atoms with Gasteiger partial charge in [0.2, 0.25) is 35.4 Å².